The van der Waals surface area contributed by atoms with E-state index in [9.17, 15) is 0 Å². The van der Waals surface area contributed by atoms with Gasteiger partial charge in [0.2, 0.25) is 0 Å². The third kappa shape index (κ3) is 3.08. The number of nitrogens with one attached hydrogen (secondary N) is 1. The fourth-order valence-electron chi connectivity index (χ4n) is 2.49. The zero-order valence-electron chi connectivity index (χ0n) is 10.1. The topological polar surface area (TPSA) is 12.0 Å². The fourth-order valence-corrected chi connectivity index (χ4v) is 4.04. The van der Waals surface area contributed by atoms with Crippen LogP contribution >= 0.6 is 27.3 Å². The van der Waals surface area contributed by atoms with E-state index in [0.29, 0.717) is 6.04 Å². The van der Waals surface area contributed by atoms with Crippen molar-refractivity contribution in [2.75, 3.05) is 0 Å². The van der Waals surface area contributed by atoms with Crippen molar-refractivity contribution in [3.05, 3.63) is 20.3 Å². The molecule has 0 saturated heterocycles. The lowest BCUT2D eigenvalue weighted by Crippen LogP contribution is -2.31. The molecule has 16 heavy (non-hydrogen) atoms. The molecule has 1 aromatic rings. The molecule has 1 fully saturated rings. The van der Waals surface area contributed by atoms with Crippen molar-refractivity contribution in [3.8, 4) is 0 Å². The van der Waals surface area contributed by atoms with Crippen molar-refractivity contribution in [3.63, 3.8) is 0 Å². The minimum atomic E-state index is 0.670. The minimum absolute atomic E-state index is 0.670. The molecule has 1 aliphatic carbocycles. The molecular formula is C13H20BrNS. The first kappa shape index (κ1) is 12.6. The first-order valence-corrected chi connectivity index (χ1v) is 7.76. The van der Waals surface area contributed by atoms with Crippen LogP contribution in [-0.4, -0.2) is 6.04 Å². The van der Waals surface area contributed by atoms with Gasteiger partial charge < -0.3 is 5.32 Å². The van der Waals surface area contributed by atoms with Gasteiger partial charge in [-0.25, -0.2) is 0 Å². The lowest BCUT2D eigenvalue weighted by atomic mass is 10.00. The Kier molecular flexibility index (Phi) is 4.45. The molecule has 0 aromatic carbocycles. The predicted octanol–water partition coefficient (Wildman–Crippen LogP) is 4.49. The molecule has 1 aromatic heterocycles. The van der Waals surface area contributed by atoms with Gasteiger partial charge in [-0.05, 0) is 54.6 Å². The first-order valence-electron chi connectivity index (χ1n) is 6.15. The summed E-state index contributed by atoms with van der Waals surface area (Å²) in [5.74, 6) is 0.907. The summed E-state index contributed by atoms with van der Waals surface area (Å²) in [6.07, 6.45) is 5.70. The highest BCUT2D eigenvalue weighted by Crippen LogP contribution is 2.29. The van der Waals surface area contributed by atoms with E-state index in [1.807, 2.05) is 11.3 Å². The third-order valence-corrected chi connectivity index (χ3v) is 5.75. The summed E-state index contributed by atoms with van der Waals surface area (Å²) in [5.41, 5.74) is 0. The molecule has 3 heteroatoms. The van der Waals surface area contributed by atoms with Gasteiger partial charge in [0, 0.05) is 26.8 Å². The molecule has 0 bridgehead atoms. The van der Waals surface area contributed by atoms with E-state index >= 15 is 0 Å². The van der Waals surface area contributed by atoms with E-state index in [1.54, 1.807) is 0 Å². The van der Waals surface area contributed by atoms with E-state index in [2.05, 4.69) is 41.2 Å². The van der Waals surface area contributed by atoms with Crippen molar-refractivity contribution in [1.29, 1.82) is 0 Å². The van der Waals surface area contributed by atoms with Crippen LogP contribution in [0, 0.1) is 12.8 Å². The summed E-state index contributed by atoms with van der Waals surface area (Å²) >= 11 is 5.46. The number of thiophene rings is 1. The fraction of sp³-hybridized carbons (Fsp3) is 0.692. The van der Waals surface area contributed by atoms with E-state index in [0.717, 1.165) is 12.5 Å². The van der Waals surface area contributed by atoms with Gasteiger partial charge in [-0.15, -0.1) is 11.3 Å². The number of hydrogen-bond donors (Lipinski definition) is 1. The lowest BCUT2D eigenvalue weighted by Gasteiger charge is -2.19. The van der Waals surface area contributed by atoms with Crippen molar-refractivity contribution in [2.24, 2.45) is 5.92 Å². The Balaban J connectivity index is 1.82. The van der Waals surface area contributed by atoms with Crippen molar-refractivity contribution in [1.82, 2.24) is 5.32 Å². The third-order valence-electron chi connectivity index (χ3n) is 3.61. The van der Waals surface area contributed by atoms with Crippen LogP contribution in [0.25, 0.3) is 0 Å². The van der Waals surface area contributed by atoms with Crippen LogP contribution in [0.1, 0.15) is 42.4 Å². The standard InChI is InChI=1S/C13H20BrNS/c1-9(11-5-3-4-6-11)15-8-12-7-13(14)10(2)16-12/h7,9,11,15H,3-6,8H2,1-2H3. The van der Waals surface area contributed by atoms with Crippen LogP contribution in [0.4, 0.5) is 0 Å². The molecule has 90 valence electrons. The second-order valence-electron chi connectivity index (χ2n) is 4.83. The predicted molar refractivity (Wildman–Crippen MR) is 75.0 cm³/mol. The van der Waals surface area contributed by atoms with Crippen LogP contribution in [-0.2, 0) is 6.54 Å². The van der Waals surface area contributed by atoms with Gasteiger partial charge in [0.15, 0.2) is 0 Å². The Bertz CT molecular complexity index is 322. The summed E-state index contributed by atoms with van der Waals surface area (Å²) < 4.78 is 1.25. The lowest BCUT2D eigenvalue weighted by molar-refractivity contribution is 0.381. The van der Waals surface area contributed by atoms with Crippen LogP contribution < -0.4 is 5.32 Å². The highest BCUT2D eigenvalue weighted by Gasteiger charge is 2.20. The summed E-state index contributed by atoms with van der Waals surface area (Å²) in [6, 6.07) is 2.91. The smallest absolute Gasteiger partial charge is 0.0314 e. The molecule has 2 rings (SSSR count). The largest absolute Gasteiger partial charge is 0.309 e. The highest BCUT2D eigenvalue weighted by atomic mass is 79.9. The molecule has 1 N–H and O–H groups in total. The van der Waals surface area contributed by atoms with Crippen molar-refractivity contribution in [2.45, 2.75) is 52.1 Å². The number of halogens is 1. The maximum absolute atomic E-state index is 3.67. The average molecular weight is 302 g/mol. The van der Waals surface area contributed by atoms with Gasteiger partial charge in [-0.2, -0.15) is 0 Å². The van der Waals surface area contributed by atoms with E-state index < -0.39 is 0 Å². The number of hydrogen-bond acceptors (Lipinski definition) is 2. The normalized spacial score (nSPS) is 19.2. The molecule has 0 aliphatic heterocycles. The Morgan fingerprint density at radius 3 is 2.75 bits per heavy atom. The molecule has 0 amide bonds. The van der Waals surface area contributed by atoms with Crippen molar-refractivity contribution < 1.29 is 0 Å². The minimum Gasteiger partial charge on any atom is -0.309 e. The monoisotopic (exact) mass is 301 g/mol. The molecule has 0 spiro atoms. The van der Waals surface area contributed by atoms with Gasteiger partial charge in [-0.1, -0.05) is 12.8 Å². The number of aryl methyl sites for hydroxylation is 1. The Hall–Kier alpha value is 0.140. The average Bonchev–Trinajstić information content (AvgIpc) is 2.86. The van der Waals surface area contributed by atoms with Gasteiger partial charge in [-0.3, -0.25) is 0 Å². The van der Waals surface area contributed by atoms with E-state index in [1.165, 1.54) is 39.9 Å². The Morgan fingerprint density at radius 2 is 2.19 bits per heavy atom. The second-order valence-corrected chi connectivity index (χ2v) is 7.03. The second kappa shape index (κ2) is 5.65. The zero-order chi connectivity index (χ0) is 11.5. The maximum Gasteiger partial charge on any atom is 0.0314 e. The van der Waals surface area contributed by atoms with Crippen LogP contribution in [0.5, 0.6) is 0 Å². The molecular weight excluding hydrogens is 282 g/mol. The summed E-state index contributed by atoms with van der Waals surface area (Å²) in [6.45, 7) is 5.53. The van der Waals surface area contributed by atoms with Crippen LogP contribution in [0.15, 0.2) is 10.5 Å². The molecule has 1 atom stereocenters. The molecule has 1 nitrogen and oxygen atoms in total. The maximum atomic E-state index is 3.67. The highest BCUT2D eigenvalue weighted by molar-refractivity contribution is 9.10. The molecule has 0 radical (unpaired) electrons. The quantitative estimate of drug-likeness (QED) is 0.864. The Morgan fingerprint density at radius 1 is 1.50 bits per heavy atom. The first-order chi connectivity index (χ1) is 7.66. The molecule has 1 heterocycles. The zero-order valence-corrected chi connectivity index (χ0v) is 12.5. The SMILES string of the molecule is Cc1sc(CNC(C)C2CCCC2)cc1Br. The summed E-state index contributed by atoms with van der Waals surface area (Å²) in [7, 11) is 0. The van der Waals surface area contributed by atoms with Gasteiger partial charge in [0.25, 0.3) is 0 Å². The van der Waals surface area contributed by atoms with Crippen LogP contribution in [0.2, 0.25) is 0 Å². The van der Waals surface area contributed by atoms with Gasteiger partial charge >= 0.3 is 0 Å². The van der Waals surface area contributed by atoms with Crippen LogP contribution in [0.3, 0.4) is 0 Å². The Labute approximate surface area is 111 Å². The molecule has 1 unspecified atom stereocenters. The number of rotatable bonds is 4. The summed E-state index contributed by atoms with van der Waals surface area (Å²) in [4.78, 5) is 2.82. The van der Waals surface area contributed by atoms with Gasteiger partial charge in [0.05, 0.1) is 0 Å². The molecule has 1 aliphatic rings. The molecule has 1 saturated carbocycles. The van der Waals surface area contributed by atoms with Gasteiger partial charge in [0.1, 0.15) is 0 Å². The van der Waals surface area contributed by atoms with E-state index in [-0.39, 0.29) is 0 Å². The van der Waals surface area contributed by atoms with Crippen molar-refractivity contribution >= 4 is 27.3 Å². The summed E-state index contributed by atoms with van der Waals surface area (Å²) in [5, 5.41) is 3.67. The van der Waals surface area contributed by atoms with E-state index in [4.69, 9.17) is 0 Å².